The minimum atomic E-state index is -0.702. The first-order valence-electron chi connectivity index (χ1n) is 6.15. The van der Waals surface area contributed by atoms with Crippen molar-refractivity contribution in [1.29, 1.82) is 0 Å². The van der Waals surface area contributed by atoms with Gasteiger partial charge in [0.15, 0.2) is 0 Å². The van der Waals surface area contributed by atoms with Crippen molar-refractivity contribution in [3.63, 3.8) is 0 Å². The summed E-state index contributed by atoms with van der Waals surface area (Å²) in [5, 5.41) is 12.9. The molecule has 2 aromatic carbocycles. The number of benzene rings is 2. The van der Waals surface area contributed by atoms with E-state index in [1.165, 1.54) is 6.07 Å². The zero-order valence-electron chi connectivity index (χ0n) is 11.0. The Morgan fingerprint density at radius 1 is 1.30 bits per heavy atom. The molecule has 0 amide bonds. The topological polar surface area (TPSA) is 58.3 Å². The van der Waals surface area contributed by atoms with Gasteiger partial charge in [-0.2, -0.15) is 0 Å². The average Bonchev–Trinajstić information content (AvgIpc) is 2.45. The van der Waals surface area contributed by atoms with E-state index in [4.69, 9.17) is 5.73 Å². The number of hydrogen-bond donors (Lipinski definition) is 3. The van der Waals surface area contributed by atoms with Gasteiger partial charge < -0.3 is 16.2 Å². The predicted molar refractivity (Wildman–Crippen MR) is 83.0 cm³/mol. The highest BCUT2D eigenvalue weighted by molar-refractivity contribution is 9.10. The van der Waals surface area contributed by atoms with Crippen LogP contribution in [0.1, 0.15) is 12.5 Å². The first-order valence-corrected chi connectivity index (χ1v) is 6.94. The van der Waals surface area contributed by atoms with Gasteiger partial charge in [0.2, 0.25) is 0 Å². The van der Waals surface area contributed by atoms with Crippen LogP contribution in [0.25, 0.3) is 0 Å². The van der Waals surface area contributed by atoms with Gasteiger partial charge >= 0.3 is 0 Å². The molecular formula is C15H16BrFN2O. The number of aliphatic hydroxyl groups excluding tert-OH is 1. The molecule has 106 valence electrons. The molecule has 0 saturated carbocycles. The SMILES string of the molecule is CC(CO)(Nc1cc(Br)c(F)cc1N)c1ccccc1. The molecule has 1 unspecified atom stereocenters. The molecule has 4 N–H and O–H groups in total. The number of nitrogen functional groups attached to an aromatic ring is 1. The normalized spacial score (nSPS) is 13.8. The van der Waals surface area contributed by atoms with Gasteiger partial charge in [0.1, 0.15) is 5.82 Å². The van der Waals surface area contributed by atoms with Crippen molar-refractivity contribution in [2.75, 3.05) is 17.7 Å². The Labute approximate surface area is 125 Å². The molecule has 3 nitrogen and oxygen atoms in total. The summed E-state index contributed by atoms with van der Waals surface area (Å²) in [7, 11) is 0. The third kappa shape index (κ3) is 2.94. The maximum Gasteiger partial charge on any atom is 0.139 e. The lowest BCUT2D eigenvalue weighted by atomic mass is 9.92. The van der Waals surface area contributed by atoms with E-state index in [0.717, 1.165) is 5.56 Å². The van der Waals surface area contributed by atoms with E-state index in [-0.39, 0.29) is 6.61 Å². The van der Waals surface area contributed by atoms with E-state index in [0.29, 0.717) is 15.8 Å². The summed E-state index contributed by atoms with van der Waals surface area (Å²) in [5.41, 5.74) is 6.90. The largest absolute Gasteiger partial charge is 0.397 e. The first-order chi connectivity index (χ1) is 9.46. The summed E-state index contributed by atoms with van der Waals surface area (Å²) in [6.07, 6.45) is 0. The fourth-order valence-corrected chi connectivity index (χ4v) is 2.32. The van der Waals surface area contributed by atoms with Crippen LogP contribution in [-0.2, 0) is 5.54 Å². The van der Waals surface area contributed by atoms with Crippen LogP contribution < -0.4 is 11.1 Å². The molecule has 2 aromatic rings. The van der Waals surface area contributed by atoms with E-state index < -0.39 is 11.4 Å². The van der Waals surface area contributed by atoms with Crippen LogP contribution in [0.5, 0.6) is 0 Å². The van der Waals surface area contributed by atoms with E-state index in [9.17, 15) is 9.50 Å². The summed E-state index contributed by atoms with van der Waals surface area (Å²) in [6, 6.07) is 12.3. The number of halogens is 2. The van der Waals surface area contributed by atoms with Crippen molar-refractivity contribution < 1.29 is 9.50 Å². The second-order valence-electron chi connectivity index (χ2n) is 4.83. The Balaban J connectivity index is 2.38. The molecule has 0 aliphatic rings. The second kappa shape index (κ2) is 5.81. The van der Waals surface area contributed by atoms with Crippen LogP contribution in [0, 0.1) is 5.82 Å². The van der Waals surface area contributed by atoms with Crippen molar-refractivity contribution in [2.24, 2.45) is 0 Å². The Kier molecular flexibility index (Phi) is 4.30. The van der Waals surface area contributed by atoms with E-state index >= 15 is 0 Å². The van der Waals surface area contributed by atoms with Gasteiger partial charge in [0.25, 0.3) is 0 Å². The highest BCUT2D eigenvalue weighted by Gasteiger charge is 2.26. The van der Waals surface area contributed by atoms with Crippen molar-refractivity contribution >= 4 is 27.3 Å². The van der Waals surface area contributed by atoms with Gasteiger partial charge in [0.05, 0.1) is 28.0 Å². The summed E-state index contributed by atoms with van der Waals surface area (Å²) < 4.78 is 13.7. The molecule has 1 atom stereocenters. The zero-order chi connectivity index (χ0) is 14.8. The van der Waals surface area contributed by atoms with Gasteiger partial charge in [-0.3, -0.25) is 0 Å². The minimum absolute atomic E-state index is 0.120. The maximum atomic E-state index is 13.4. The van der Waals surface area contributed by atoms with Crippen molar-refractivity contribution in [1.82, 2.24) is 0 Å². The molecule has 0 spiro atoms. The molecule has 0 saturated heterocycles. The van der Waals surface area contributed by atoms with Gasteiger partial charge in [-0.25, -0.2) is 4.39 Å². The average molecular weight is 339 g/mol. The lowest BCUT2D eigenvalue weighted by Gasteiger charge is -2.31. The Morgan fingerprint density at radius 2 is 1.95 bits per heavy atom. The molecule has 0 heterocycles. The molecule has 2 rings (SSSR count). The third-order valence-electron chi connectivity index (χ3n) is 3.23. The highest BCUT2D eigenvalue weighted by Crippen LogP contribution is 2.32. The molecule has 0 fully saturated rings. The Morgan fingerprint density at radius 3 is 2.55 bits per heavy atom. The molecule has 5 heteroatoms. The number of rotatable bonds is 4. The van der Waals surface area contributed by atoms with Crippen LogP contribution in [0.2, 0.25) is 0 Å². The van der Waals surface area contributed by atoms with Gasteiger partial charge in [0, 0.05) is 6.07 Å². The number of aliphatic hydroxyl groups is 1. The highest BCUT2D eigenvalue weighted by atomic mass is 79.9. The van der Waals surface area contributed by atoms with Gasteiger partial charge in [-0.1, -0.05) is 30.3 Å². The van der Waals surface area contributed by atoms with Crippen LogP contribution in [0.4, 0.5) is 15.8 Å². The van der Waals surface area contributed by atoms with E-state index in [2.05, 4.69) is 21.2 Å². The summed E-state index contributed by atoms with van der Waals surface area (Å²) >= 11 is 3.13. The monoisotopic (exact) mass is 338 g/mol. The van der Waals surface area contributed by atoms with Crippen molar-refractivity contribution in [3.05, 3.63) is 58.3 Å². The lowest BCUT2D eigenvalue weighted by Crippen LogP contribution is -2.36. The van der Waals surface area contributed by atoms with E-state index in [1.54, 1.807) is 6.07 Å². The maximum absolute atomic E-state index is 13.4. The smallest absolute Gasteiger partial charge is 0.139 e. The molecule has 0 radical (unpaired) electrons. The summed E-state index contributed by atoms with van der Waals surface area (Å²) in [5.74, 6) is -0.418. The van der Waals surface area contributed by atoms with Crippen LogP contribution in [0.15, 0.2) is 46.9 Å². The fourth-order valence-electron chi connectivity index (χ4n) is 1.98. The number of nitrogens with one attached hydrogen (secondary N) is 1. The van der Waals surface area contributed by atoms with Crippen LogP contribution in [0.3, 0.4) is 0 Å². The van der Waals surface area contributed by atoms with Crippen molar-refractivity contribution in [2.45, 2.75) is 12.5 Å². The Bertz CT molecular complexity index is 606. The van der Waals surface area contributed by atoms with Crippen LogP contribution in [-0.4, -0.2) is 11.7 Å². The number of hydrogen-bond acceptors (Lipinski definition) is 3. The predicted octanol–water partition coefficient (Wildman–Crippen LogP) is 3.49. The van der Waals surface area contributed by atoms with Gasteiger partial charge in [-0.15, -0.1) is 0 Å². The zero-order valence-corrected chi connectivity index (χ0v) is 12.6. The molecule has 20 heavy (non-hydrogen) atoms. The molecule has 0 bridgehead atoms. The standard InChI is InChI=1S/C15H16BrFN2O/c1-15(9-20,10-5-3-2-4-6-10)19-14-7-11(16)12(17)8-13(14)18/h2-8,19-20H,9,18H2,1H3. The van der Waals surface area contributed by atoms with Gasteiger partial charge in [-0.05, 0) is 34.5 Å². The molecule has 0 aromatic heterocycles. The first kappa shape index (κ1) is 14.8. The fraction of sp³-hybridized carbons (Fsp3) is 0.200. The molecule has 0 aliphatic carbocycles. The number of nitrogens with two attached hydrogens (primary N) is 1. The molecular weight excluding hydrogens is 323 g/mol. The van der Waals surface area contributed by atoms with Crippen molar-refractivity contribution in [3.8, 4) is 0 Å². The van der Waals surface area contributed by atoms with E-state index in [1.807, 2.05) is 37.3 Å². The minimum Gasteiger partial charge on any atom is -0.397 e. The number of anilines is 2. The summed E-state index contributed by atoms with van der Waals surface area (Å²) in [6.45, 7) is 1.74. The lowest BCUT2D eigenvalue weighted by molar-refractivity contribution is 0.224. The second-order valence-corrected chi connectivity index (χ2v) is 5.69. The Hall–Kier alpha value is -1.59. The summed E-state index contributed by atoms with van der Waals surface area (Å²) in [4.78, 5) is 0. The molecule has 0 aliphatic heterocycles. The van der Waals surface area contributed by atoms with Crippen LogP contribution >= 0.6 is 15.9 Å². The third-order valence-corrected chi connectivity index (χ3v) is 3.84. The quantitative estimate of drug-likeness (QED) is 0.748.